The number of nitrogens with zero attached hydrogens (tertiary/aromatic N) is 1. The van der Waals surface area contributed by atoms with Crippen LogP contribution in [0, 0.1) is 0 Å². The molecule has 0 aliphatic carbocycles. The Balaban J connectivity index is 2.73. The fraction of sp³-hybridized carbons (Fsp3) is 0.846. The molecule has 2 atom stereocenters. The van der Waals surface area contributed by atoms with E-state index in [2.05, 4.69) is 0 Å². The molecule has 1 saturated heterocycles. The van der Waals surface area contributed by atoms with Crippen LogP contribution in [0.5, 0.6) is 0 Å². The highest BCUT2D eigenvalue weighted by Gasteiger charge is 2.42. The molecule has 0 bridgehead atoms. The Hall–Kier alpha value is -1.34. The lowest BCUT2D eigenvalue weighted by Gasteiger charge is -2.27. The number of carbonyl (C=O) groups is 2. The van der Waals surface area contributed by atoms with Crippen molar-refractivity contribution in [2.24, 2.45) is 0 Å². The quantitative estimate of drug-likeness (QED) is 0.761. The molecule has 0 aromatic rings. The molecule has 1 aliphatic heterocycles. The minimum absolute atomic E-state index is 0.105. The van der Waals surface area contributed by atoms with Crippen molar-refractivity contribution in [3.05, 3.63) is 0 Å². The first-order valence-corrected chi connectivity index (χ1v) is 6.58. The number of rotatable bonds is 4. The van der Waals surface area contributed by atoms with Gasteiger partial charge >= 0.3 is 12.1 Å². The van der Waals surface area contributed by atoms with Crippen LogP contribution in [0.2, 0.25) is 0 Å². The van der Waals surface area contributed by atoms with Gasteiger partial charge in [0.05, 0.1) is 33.0 Å². The number of aliphatic hydroxyl groups excluding tert-OH is 1. The fourth-order valence-corrected chi connectivity index (χ4v) is 2.02. The molecule has 0 unspecified atom stereocenters. The topological polar surface area (TPSA) is 85.3 Å². The highest BCUT2D eigenvalue weighted by atomic mass is 16.6. The second kappa shape index (κ2) is 6.90. The summed E-state index contributed by atoms with van der Waals surface area (Å²) in [7, 11) is 1.28. The van der Waals surface area contributed by atoms with E-state index in [1.807, 2.05) is 0 Å². The van der Waals surface area contributed by atoms with Gasteiger partial charge in [0, 0.05) is 6.42 Å². The predicted octanol–water partition coefficient (Wildman–Crippen LogP) is 0.546. The third-order valence-electron chi connectivity index (χ3n) is 2.81. The third kappa shape index (κ3) is 4.64. The van der Waals surface area contributed by atoms with Crippen LogP contribution >= 0.6 is 0 Å². The molecule has 1 rings (SSSR count). The van der Waals surface area contributed by atoms with Gasteiger partial charge in [-0.3, -0.25) is 4.90 Å². The number of ether oxygens (including phenoxy) is 3. The number of hydrogen-bond donors (Lipinski definition) is 1. The van der Waals surface area contributed by atoms with E-state index in [1.54, 1.807) is 20.8 Å². The number of methoxy groups -OCH3 is 1. The third-order valence-corrected chi connectivity index (χ3v) is 2.81. The maximum Gasteiger partial charge on any atom is 0.411 e. The van der Waals surface area contributed by atoms with E-state index in [9.17, 15) is 9.59 Å². The standard InChI is InChI=1S/C13H23NO6/c1-13(2,3)20-12(17)14-8-9(19-6-5-15)7-10(14)11(16)18-4/h9-10,15H,5-8H2,1-4H3/t9-,10+/m1/s1. The van der Waals surface area contributed by atoms with Crippen LogP contribution in [0.4, 0.5) is 4.79 Å². The van der Waals surface area contributed by atoms with Gasteiger partial charge in [0.1, 0.15) is 11.6 Å². The first kappa shape index (κ1) is 16.7. The molecule has 1 heterocycles. The van der Waals surface area contributed by atoms with Crippen molar-refractivity contribution < 1.29 is 28.9 Å². The molecule has 0 radical (unpaired) electrons. The zero-order valence-corrected chi connectivity index (χ0v) is 12.4. The van der Waals surface area contributed by atoms with E-state index in [1.165, 1.54) is 12.0 Å². The summed E-state index contributed by atoms with van der Waals surface area (Å²) in [5.74, 6) is -0.494. The van der Waals surface area contributed by atoms with Gasteiger partial charge in [-0.05, 0) is 20.8 Å². The fourth-order valence-electron chi connectivity index (χ4n) is 2.02. The summed E-state index contributed by atoms with van der Waals surface area (Å²) >= 11 is 0. The SMILES string of the molecule is COC(=O)[C@@H]1C[C@@H](OCCO)CN1C(=O)OC(C)(C)C. The second-order valence-corrected chi connectivity index (χ2v) is 5.62. The molecule has 20 heavy (non-hydrogen) atoms. The Morgan fingerprint density at radius 2 is 2.00 bits per heavy atom. The van der Waals surface area contributed by atoms with Crippen molar-refractivity contribution in [2.75, 3.05) is 26.9 Å². The van der Waals surface area contributed by atoms with Crippen LogP contribution < -0.4 is 0 Å². The van der Waals surface area contributed by atoms with Crippen LogP contribution in [0.1, 0.15) is 27.2 Å². The minimum Gasteiger partial charge on any atom is -0.467 e. The molecule has 116 valence electrons. The largest absolute Gasteiger partial charge is 0.467 e. The maximum absolute atomic E-state index is 12.1. The molecule has 0 saturated carbocycles. The van der Waals surface area contributed by atoms with E-state index in [0.717, 1.165) is 0 Å². The molecular formula is C13H23NO6. The van der Waals surface area contributed by atoms with E-state index in [0.29, 0.717) is 6.42 Å². The Labute approximate surface area is 118 Å². The molecule has 0 spiro atoms. The number of hydrogen-bond acceptors (Lipinski definition) is 6. The van der Waals surface area contributed by atoms with Gasteiger partial charge in [0.2, 0.25) is 0 Å². The maximum atomic E-state index is 12.1. The summed E-state index contributed by atoms with van der Waals surface area (Å²) < 4.78 is 15.4. The summed E-state index contributed by atoms with van der Waals surface area (Å²) in [5.41, 5.74) is -0.637. The number of likely N-dealkylation sites (tertiary alicyclic amines) is 1. The smallest absolute Gasteiger partial charge is 0.411 e. The van der Waals surface area contributed by atoms with Crippen LogP contribution in [0.15, 0.2) is 0 Å². The lowest BCUT2D eigenvalue weighted by Crippen LogP contribution is -2.44. The normalized spacial score (nSPS) is 22.8. The van der Waals surface area contributed by atoms with Gasteiger partial charge < -0.3 is 19.3 Å². The lowest BCUT2D eigenvalue weighted by atomic mass is 10.2. The highest BCUT2D eigenvalue weighted by molar-refractivity contribution is 5.82. The number of aliphatic hydroxyl groups is 1. The van der Waals surface area contributed by atoms with Crippen molar-refractivity contribution in [3.63, 3.8) is 0 Å². The van der Waals surface area contributed by atoms with E-state index in [4.69, 9.17) is 19.3 Å². The lowest BCUT2D eigenvalue weighted by molar-refractivity contribution is -0.145. The summed E-state index contributed by atoms with van der Waals surface area (Å²) in [6.45, 7) is 5.58. The molecule has 1 aliphatic rings. The first-order chi connectivity index (χ1) is 9.28. The van der Waals surface area contributed by atoms with E-state index >= 15 is 0 Å². The molecule has 1 N–H and O–H groups in total. The Bertz CT molecular complexity index is 351. The van der Waals surface area contributed by atoms with Crippen LogP contribution in [0.25, 0.3) is 0 Å². The van der Waals surface area contributed by atoms with Gasteiger partial charge in [-0.25, -0.2) is 9.59 Å². The average Bonchev–Trinajstić information content (AvgIpc) is 2.77. The molecule has 0 aromatic carbocycles. The van der Waals surface area contributed by atoms with Crippen molar-refractivity contribution in [3.8, 4) is 0 Å². The van der Waals surface area contributed by atoms with E-state index < -0.39 is 23.7 Å². The van der Waals surface area contributed by atoms with Crippen LogP contribution in [0.3, 0.4) is 0 Å². The van der Waals surface area contributed by atoms with Crippen LogP contribution in [-0.4, -0.2) is 66.7 Å². The number of amides is 1. The minimum atomic E-state index is -0.710. The van der Waals surface area contributed by atoms with Crippen molar-refractivity contribution in [1.82, 2.24) is 4.90 Å². The Morgan fingerprint density at radius 3 is 2.50 bits per heavy atom. The zero-order chi connectivity index (χ0) is 15.3. The molecular weight excluding hydrogens is 266 g/mol. The molecule has 1 amide bonds. The molecule has 7 nitrogen and oxygen atoms in total. The molecule has 0 aromatic heterocycles. The average molecular weight is 289 g/mol. The summed E-state index contributed by atoms with van der Waals surface area (Å²) in [4.78, 5) is 25.2. The van der Waals surface area contributed by atoms with Crippen molar-refractivity contribution in [1.29, 1.82) is 0 Å². The summed E-state index contributed by atoms with van der Waals surface area (Å²) in [5, 5.41) is 8.75. The van der Waals surface area contributed by atoms with Gasteiger partial charge in [-0.2, -0.15) is 0 Å². The number of esters is 1. The Kier molecular flexibility index (Phi) is 5.76. The first-order valence-electron chi connectivity index (χ1n) is 6.58. The van der Waals surface area contributed by atoms with Gasteiger partial charge in [0.25, 0.3) is 0 Å². The summed E-state index contributed by atoms with van der Waals surface area (Å²) in [6, 6.07) is -0.710. The van der Waals surface area contributed by atoms with Gasteiger partial charge in [-0.1, -0.05) is 0 Å². The van der Waals surface area contributed by atoms with Crippen molar-refractivity contribution in [2.45, 2.75) is 44.9 Å². The van der Waals surface area contributed by atoms with Gasteiger partial charge in [-0.15, -0.1) is 0 Å². The monoisotopic (exact) mass is 289 g/mol. The number of carbonyl (C=O) groups excluding carboxylic acids is 2. The molecule has 1 fully saturated rings. The predicted molar refractivity (Wildman–Crippen MR) is 70.2 cm³/mol. The van der Waals surface area contributed by atoms with E-state index in [-0.39, 0.29) is 25.9 Å². The van der Waals surface area contributed by atoms with Crippen LogP contribution in [-0.2, 0) is 19.0 Å². The Morgan fingerprint density at radius 1 is 1.35 bits per heavy atom. The summed E-state index contributed by atoms with van der Waals surface area (Å²) in [6.07, 6.45) is -0.534. The van der Waals surface area contributed by atoms with Crippen molar-refractivity contribution >= 4 is 12.1 Å². The second-order valence-electron chi connectivity index (χ2n) is 5.62. The highest BCUT2D eigenvalue weighted by Crippen LogP contribution is 2.24. The van der Waals surface area contributed by atoms with Gasteiger partial charge in [0.15, 0.2) is 0 Å². The molecule has 7 heteroatoms. The zero-order valence-electron chi connectivity index (χ0n) is 12.4.